The van der Waals surface area contributed by atoms with Crippen molar-refractivity contribution in [3.63, 3.8) is 0 Å². The second kappa shape index (κ2) is 6.14. The number of H-pyrrole nitrogens is 1. The molecule has 8 nitrogen and oxygen atoms in total. The third-order valence-corrected chi connectivity index (χ3v) is 3.08. The minimum atomic E-state index is -1.04. The molecular formula is C15H12N4O4. The molecule has 3 rings (SSSR count). The van der Waals surface area contributed by atoms with E-state index in [1.54, 1.807) is 12.1 Å². The summed E-state index contributed by atoms with van der Waals surface area (Å²) in [6, 6.07) is 9.12. The number of aromatic nitrogens is 3. The van der Waals surface area contributed by atoms with Gasteiger partial charge in [0.1, 0.15) is 5.82 Å². The van der Waals surface area contributed by atoms with E-state index >= 15 is 0 Å². The Morgan fingerprint density at radius 1 is 1.17 bits per heavy atom. The van der Waals surface area contributed by atoms with Crippen molar-refractivity contribution in [2.24, 2.45) is 0 Å². The number of rotatable bonds is 5. The number of aromatic carboxylic acids is 1. The molecule has 2 aromatic heterocycles. The number of benzene rings is 1. The zero-order valence-corrected chi connectivity index (χ0v) is 11.8. The van der Waals surface area contributed by atoms with E-state index in [-0.39, 0.29) is 18.0 Å². The van der Waals surface area contributed by atoms with E-state index in [0.29, 0.717) is 23.0 Å². The largest absolute Gasteiger partial charge is 0.478 e. The van der Waals surface area contributed by atoms with Gasteiger partial charge in [0.15, 0.2) is 5.76 Å². The summed E-state index contributed by atoms with van der Waals surface area (Å²) in [6.45, 7) is 0.160. The van der Waals surface area contributed by atoms with E-state index in [4.69, 9.17) is 9.52 Å². The predicted molar refractivity (Wildman–Crippen MR) is 78.7 cm³/mol. The van der Waals surface area contributed by atoms with E-state index in [1.165, 1.54) is 30.5 Å². The van der Waals surface area contributed by atoms with Gasteiger partial charge in [0.05, 0.1) is 18.4 Å². The van der Waals surface area contributed by atoms with Crippen LogP contribution in [0.2, 0.25) is 0 Å². The van der Waals surface area contributed by atoms with Crippen molar-refractivity contribution < 1.29 is 19.1 Å². The van der Waals surface area contributed by atoms with Crippen LogP contribution in [0.15, 0.2) is 47.1 Å². The molecule has 0 spiro atoms. The lowest BCUT2D eigenvalue weighted by Crippen LogP contribution is -2.23. The molecule has 0 radical (unpaired) electrons. The number of nitrogens with zero attached hydrogens (tertiary/aromatic N) is 2. The summed E-state index contributed by atoms with van der Waals surface area (Å²) in [5.41, 5.74) is 0.487. The Balaban J connectivity index is 1.61. The van der Waals surface area contributed by atoms with Crippen LogP contribution in [0.4, 0.5) is 0 Å². The van der Waals surface area contributed by atoms with Crippen LogP contribution in [-0.2, 0) is 6.54 Å². The highest BCUT2D eigenvalue weighted by Gasteiger charge is 2.11. The monoisotopic (exact) mass is 312 g/mol. The van der Waals surface area contributed by atoms with Crippen molar-refractivity contribution in [1.82, 2.24) is 20.5 Å². The average molecular weight is 312 g/mol. The maximum absolute atomic E-state index is 12.0. The molecule has 1 amide bonds. The molecule has 0 aliphatic rings. The van der Waals surface area contributed by atoms with Gasteiger partial charge in [-0.3, -0.25) is 9.89 Å². The molecule has 116 valence electrons. The van der Waals surface area contributed by atoms with Crippen LogP contribution in [0.3, 0.4) is 0 Å². The number of carboxylic acids is 1. The Labute approximate surface area is 130 Å². The van der Waals surface area contributed by atoms with Gasteiger partial charge in [-0.15, -0.1) is 5.10 Å². The molecule has 0 aliphatic heterocycles. The van der Waals surface area contributed by atoms with Gasteiger partial charge in [-0.05, 0) is 36.4 Å². The fraction of sp³-hybridized carbons (Fsp3) is 0.0667. The molecule has 0 bridgehead atoms. The highest BCUT2D eigenvalue weighted by Crippen LogP contribution is 2.14. The number of carbonyl (C=O) groups is 2. The molecule has 23 heavy (non-hydrogen) atoms. The smallest absolute Gasteiger partial charge is 0.335 e. The summed E-state index contributed by atoms with van der Waals surface area (Å²) in [5, 5.41) is 18.2. The molecular weight excluding hydrogens is 300 g/mol. The summed E-state index contributed by atoms with van der Waals surface area (Å²) in [4.78, 5) is 27.0. The van der Waals surface area contributed by atoms with Gasteiger partial charge in [0.25, 0.3) is 5.91 Å². The summed E-state index contributed by atoms with van der Waals surface area (Å²) in [7, 11) is 0. The standard InChI is InChI=1S/C15H12N4O4/c20-14(9-3-5-10(6-4-9)15(21)22)16-8-12-17-13(19-18-12)11-2-1-7-23-11/h1-7H,8H2,(H,16,20)(H,21,22)(H,17,18,19). The Bertz CT molecular complexity index is 822. The van der Waals surface area contributed by atoms with E-state index in [0.717, 1.165) is 0 Å². The lowest BCUT2D eigenvalue weighted by atomic mass is 10.1. The number of carboxylic acid groups (broad SMARTS) is 1. The van der Waals surface area contributed by atoms with Crippen molar-refractivity contribution in [2.75, 3.05) is 0 Å². The van der Waals surface area contributed by atoms with Crippen LogP contribution in [0, 0.1) is 0 Å². The van der Waals surface area contributed by atoms with Crippen LogP contribution in [-0.4, -0.2) is 32.2 Å². The fourth-order valence-electron chi connectivity index (χ4n) is 1.92. The van der Waals surface area contributed by atoms with Crippen molar-refractivity contribution in [3.05, 3.63) is 59.6 Å². The van der Waals surface area contributed by atoms with Crippen LogP contribution >= 0.6 is 0 Å². The predicted octanol–water partition coefficient (Wildman–Crippen LogP) is 1.69. The maximum Gasteiger partial charge on any atom is 0.335 e. The topological polar surface area (TPSA) is 121 Å². The molecule has 2 heterocycles. The number of aromatic amines is 1. The second-order valence-electron chi connectivity index (χ2n) is 4.65. The lowest BCUT2D eigenvalue weighted by Gasteiger charge is -2.03. The molecule has 0 saturated carbocycles. The molecule has 3 N–H and O–H groups in total. The Morgan fingerprint density at radius 2 is 1.91 bits per heavy atom. The van der Waals surface area contributed by atoms with E-state index in [2.05, 4.69) is 20.5 Å². The molecule has 0 atom stereocenters. The number of carbonyl (C=O) groups excluding carboxylic acids is 1. The van der Waals surface area contributed by atoms with E-state index in [9.17, 15) is 9.59 Å². The van der Waals surface area contributed by atoms with Crippen LogP contribution in [0.5, 0.6) is 0 Å². The van der Waals surface area contributed by atoms with Gasteiger partial charge in [0, 0.05) is 5.56 Å². The first-order valence-electron chi connectivity index (χ1n) is 6.70. The quantitative estimate of drug-likeness (QED) is 0.659. The summed E-state index contributed by atoms with van der Waals surface area (Å²) >= 11 is 0. The third-order valence-electron chi connectivity index (χ3n) is 3.08. The van der Waals surface area contributed by atoms with Crippen molar-refractivity contribution in [1.29, 1.82) is 0 Å². The summed E-state index contributed by atoms with van der Waals surface area (Å²) in [5.74, 6) is 0.0435. The van der Waals surface area contributed by atoms with E-state index in [1.807, 2.05) is 0 Å². The molecule has 1 aromatic carbocycles. The number of furan rings is 1. The zero-order valence-electron chi connectivity index (χ0n) is 11.8. The van der Waals surface area contributed by atoms with Gasteiger partial charge < -0.3 is 14.8 Å². The SMILES string of the molecule is O=C(O)c1ccc(C(=O)NCc2nc(-c3ccco3)n[nH]2)cc1. The zero-order chi connectivity index (χ0) is 16.2. The number of hydrogen-bond donors (Lipinski definition) is 3. The van der Waals surface area contributed by atoms with Crippen molar-refractivity contribution in [3.8, 4) is 11.6 Å². The van der Waals surface area contributed by atoms with Crippen molar-refractivity contribution in [2.45, 2.75) is 6.54 Å². The first-order chi connectivity index (χ1) is 11.1. The Kier molecular flexibility index (Phi) is 3.88. The third kappa shape index (κ3) is 3.26. The highest BCUT2D eigenvalue weighted by atomic mass is 16.4. The first-order valence-corrected chi connectivity index (χ1v) is 6.70. The van der Waals surface area contributed by atoms with Gasteiger partial charge in [-0.2, -0.15) is 0 Å². The van der Waals surface area contributed by atoms with Crippen LogP contribution in [0.1, 0.15) is 26.5 Å². The number of hydrogen-bond acceptors (Lipinski definition) is 5. The number of amides is 1. The summed E-state index contributed by atoms with van der Waals surface area (Å²) in [6.07, 6.45) is 1.52. The Morgan fingerprint density at radius 3 is 2.57 bits per heavy atom. The normalized spacial score (nSPS) is 10.4. The van der Waals surface area contributed by atoms with Crippen LogP contribution < -0.4 is 5.32 Å². The molecule has 3 aromatic rings. The van der Waals surface area contributed by atoms with Gasteiger partial charge in [0.2, 0.25) is 5.82 Å². The van der Waals surface area contributed by atoms with Crippen LogP contribution in [0.25, 0.3) is 11.6 Å². The molecule has 8 heteroatoms. The minimum absolute atomic E-state index is 0.125. The van der Waals surface area contributed by atoms with Gasteiger partial charge in [-0.1, -0.05) is 0 Å². The Hall–Kier alpha value is -3.42. The fourth-order valence-corrected chi connectivity index (χ4v) is 1.92. The van der Waals surface area contributed by atoms with E-state index < -0.39 is 5.97 Å². The van der Waals surface area contributed by atoms with Gasteiger partial charge >= 0.3 is 5.97 Å². The first kappa shape index (κ1) is 14.5. The lowest BCUT2D eigenvalue weighted by molar-refractivity contribution is 0.0696. The molecule has 0 fully saturated rings. The molecule has 0 aliphatic carbocycles. The summed E-state index contributed by atoms with van der Waals surface area (Å²) < 4.78 is 5.18. The molecule has 0 saturated heterocycles. The molecule has 0 unspecified atom stereocenters. The van der Waals surface area contributed by atoms with Gasteiger partial charge in [-0.25, -0.2) is 9.78 Å². The maximum atomic E-state index is 12.0. The number of nitrogens with one attached hydrogen (secondary N) is 2. The second-order valence-corrected chi connectivity index (χ2v) is 4.65. The average Bonchev–Trinajstić information content (AvgIpc) is 3.23. The highest BCUT2D eigenvalue weighted by molar-refractivity contribution is 5.95. The minimum Gasteiger partial charge on any atom is -0.478 e. The van der Waals surface area contributed by atoms with Crippen molar-refractivity contribution >= 4 is 11.9 Å².